The van der Waals surface area contributed by atoms with E-state index in [-0.39, 0.29) is 17.8 Å². The fourth-order valence-electron chi connectivity index (χ4n) is 1.87. The molecular weight excluding hydrogens is 278 g/mol. The van der Waals surface area contributed by atoms with E-state index >= 15 is 0 Å². The van der Waals surface area contributed by atoms with Gasteiger partial charge in [-0.3, -0.25) is 9.00 Å². The zero-order chi connectivity index (χ0) is 14.7. The van der Waals surface area contributed by atoms with Crippen LogP contribution in [0.15, 0.2) is 12.1 Å². The Balaban J connectivity index is 2.03. The highest BCUT2D eigenvalue weighted by molar-refractivity contribution is 7.84. The molecule has 4 N–H and O–H groups in total. The van der Waals surface area contributed by atoms with Crippen LogP contribution in [0.25, 0.3) is 0 Å². The number of amides is 1. The second kappa shape index (κ2) is 6.13. The lowest BCUT2D eigenvalue weighted by atomic mass is 10.2. The lowest BCUT2D eigenvalue weighted by Crippen LogP contribution is -2.25. The lowest BCUT2D eigenvalue weighted by molar-refractivity contribution is -0.118. The number of fused-ring (bicyclic) bond motifs is 1. The fourth-order valence-corrected chi connectivity index (χ4v) is 2.32. The fraction of sp³-hybridized carbons (Fsp3) is 0.462. The number of ether oxygens (including phenoxy) is 1. The van der Waals surface area contributed by atoms with Gasteiger partial charge in [-0.05, 0) is 12.5 Å². The second-order valence-corrected chi connectivity index (χ2v) is 6.60. The molecule has 20 heavy (non-hydrogen) atoms. The van der Waals surface area contributed by atoms with Crippen molar-refractivity contribution < 1.29 is 13.7 Å². The minimum atomic E-state index is -0.829. The van der Waals surface area contributed by atoms with Gasteiger partial charge in [-0.1, -0.05) is 6.92 Å². The maximum atomic E-state index is 11.3. The lowest BCUT2D eigenvalue weighted by Gasteiger charge is -2.20. The van der Waals surface area contributed by atoms with Crippen LogP contribution in [0.5, 0.6) is 5.75 Å². The third-order valence-electron chi connectivity index (χ3n) is 3.22. The zero-order valence-electron chi connectivity index (χ0n) is 11.6. The van der Waals surface area contributed by atoms with Crippen LogP contribution in [0.4, 0.5) is 17.1 Å². The number of anilines is 3. The third kappa shape index (κ3) is 3.41. The van der Waals surface area contributed by atoms with E-state index in [4.69, 9.17) is 10.5 Å². The zero-order valence-corrected chi connectivity index (χ0v) is 12.4. The van der Waals surface area contributed by atoms with Crippen LogP contribution in [-0.4, -0.2) is 34.8 Å². The molecule has 0 spiro atoms. The summed E-state index contributed by atoms with van der Waals surface area (Å²) in [4.78, 5) is 11.3. The van der Waals surface area contributed by atoms with Gasteiger partial charge in [0.2, 0.25) is 0 Å². The quantitative estimate of drug-likeness (QED) is 0.709. The minimum Gasteiger partial charge on any atom is -0.482 e. The summed E-state index contributed by atoms with van der Waals surface area (Å²) in [6.45, 7) is 2.62. The molecule has 0 aromatic heterocycles. The predicted octanol–water partition coefficient (Wildman–Crippen LogP) is 1.17. The first-order valence-corrected chi connectivity index (χ1v) is 8.01. The van der Waals surface area contributed by atoms with Crippen LogP contribution in [-0.2, 0) is 15.6 Å². The Bertz CT molecular complexity index is 548. The normalized spacial score (nSPS) is 16.6. The Morgan fingerprint density at radius 2 is 2.30 bits per heavy atom. The van der Waals surface area contributed by atoms with E-state index in [1.807, 2.05) is 6.92 Å². The number of nitrogens with one attached hydrogen (secondary N) is 2. The van der Waals surface area contributed by atoms with Crippen LogP contribution in [0, 0.1) is 0 Å². The molecule has 0 fully saturated rings. The van der Waals surface area contributed by atoms with Gasteiger partial charge in [0.25, 0.3) is 5.91 Å². The van der Waals surface area contributed by atoms with Crippen LogP contribution < -0.4 is 21.1 Å². The number of nitrogen functional groups attached to an aromatic ring is 1. The van der Waals surface area contributed by atoms with Crippen molar-refractivity contribution in [3.63, 3.8) is 0 Å². The Morgan fingerprint density at radius 3 is 3.00 bits per heavy atom. The smallest absolute Gasteiger partial charge is 0.262 e. The number of hydrogen-bond acceptors (Lipinski definition) is 5. The van der Waals surface area contributed by atoms with Crippen molar-refractivity contribution in [2.75, 3.05) is 35.8 Å². The Kier molecular flexibility index (Phi) is 4.49. The summed E-state index contributed by atoms with van der Waals surface area (Å²) in [6, 6.07) is 3.45. The van der Waals surface area contributed by atoms with E-state index < -0.39 is 10.8 Å². The van der Waals surface area contributed by atoms with E-state index in [1.165, 1.54) is 0 Å². The van der Waals surface area contributed by atoms with Crippen molar-refractivity contribution in [2.45, 2.75) is 18.6 Å². The molecule has 1 heterocycles. The number of hydrogen-bond donors (Lipinski definition) is 3. The van der Waals surface area contributed by atoms with Crippen molar-refractivity contribution in [1.82, 2.24) is 0 Å². The highest BCUT2D eigenvalue weighted by Crippen LogP contribution is 2.35. The van der Waals surface area contributed by atoms with Gasteiger partial charge in [0.15, 0.2) is 6.61 Å². The van der Waals surface area contributed by atoms with Crippen LogP contribution in [0.2, 0.25) is 0 Å². The van der Waals surface area contributed by atoms with E-state index in [0.29, 0.717) is 23.7 Å². The van der Waals surface area contributed by atoms with Crippen molar-refractivity contribution in [1.29, 1.82) is 0 Å². The van der Waals surface area contributed by atoms with E-state index in [2.05, 4.69) is 10.6 Å². The average molecular weight is 297 g/mol. The Morgan fingerprint density at radius 1 is 1.55 bits per heavy atom. The van der Waals surface area contributed by atoms with Gasteiger partial charge in [-0.2, -0.15) is 0 Å². The molecule has 1 aliphatic heterocycles. The summed E-state index contributed by atoms with van der Waals surface area (Å²) in [5.41, 5.74) is 7.86. The predicted molar refractivity (Wildman–Crippen MR) is 81.6 cm³/mol. The summed E-state index contributed by atoms with van der Waals surface area (Å²) >= 11 is 0. The maximum absolute atomic E-state index is 11.3. The maximum Gasteiger partial charge on any atom is 0.262 e. The second-order valence-electron chi connectivity index (χ2n) is 4.80. The molecule has 6 nitrogen and oxygen atoms in total. The van der Waals surface area contributed by atoms with E-state index in [9.17, 15) is 9.00 Å². The van der Waals surface area contributed by atoms with Crippen LogP contribution in [0.1, 0.15) is 13.3 Å². The molecule has 1 aromatic carbocycles. The molecule has 110 valence electrons. The molecule has 1 amide bonds. The van der Waals surface area contributed by atoms with Crippen LogP contribution in [0.3, 0.4) is 0 Å². The SMILES string of the molecule is CC(CCNc1cc2c(cc1N)OCC(=O)N2)S(C)=O. The standard InChI is InChI=1S/C13H19N3O3S/c1-8(20(2)18)3-4-15-10-6-11-12(5-9(10)14)19-7-13(17)16-11/h5-6,8,15H,3-4,7,14H2,1-2H3,(H,16,17). The van der Waals surface area contributed by atoms with Gasteiger partial charge < -0.3 is 21.1 Å². The van der Waals surface area contributed by atoms with E-state index in [1.54, 1.807) is 18.4 Å². The van der Waals surface area contributed by atoms with Crippen molar-refractivity contribution in [2.24, 2.45) is 0 Å². The van der Waals surface area contributed by atoms with Gasteiger partial charge in [0.05, 0.1) is 17.1 Å². The number of carbonyl (C=O) groups excluding carboxylic acids is 1. The molecule has 0 aliphatic carbocycles. The molecule has 1 aliphatic rings. The van der Waals surface area contributed by atoms with Crippen molar-refractivity contribution in [3.8, 4) is 5.75 Å². The molecule has 2 atom stereocenters. The van der Waals surface area contributed by atoms with Crippen molar-refractivity contribution >= 4 is 33.8 Å². The summed E-state index contributed by atoms with van der Waals surface area (Å²) in [7, 11) is -0.829. The molecule has 0 saturated heterocycles. The number of rotatable bonds is 5. The third-order valence-corrected chi connectivity index (χ3v) is 4.59. The van der Waals surface area contributed by atoms with Crippen molar-refractivity contribution in [3.05, 3.63) is 12.1 Å². The summed E-state index contributed by atoms with van der Waals surface area (Å²) in [6.07, 6.45) is 2.48. The largest absolute Gasteiger partial charge is 0.482 e. The Hall–Kier alpha value is -1.76. The van der Waals surface area contributed by atoms with Gasteiger partial charge in [0.1, 0.15) is 5.75 Å². The monoisotopic (exact) mass is 297 g/mol. The first-order chi connectivity index (χ1) is 9.47. The number of nitrogens with two attached hydrogens (primary N) is 1. The highest BCUT2D eigenvalue weighted by Gasteiger charge is 2.17. The summed E-state index contributed by atoms with van der Waals surface area (Å²) < 4.78 is 16.6. The first-order valence-electron chi connectivity index (χ1n) is 6.39. The molecule has 7 heteroatoms. The topological polar surface area (TPSA) is 93.4 Å². The first kappa shape index (κ1) is 14.6. The Labute approximate surface area is 120 Å². The molecule has 1 aromatic rings. The number of benzene rings is 1. The minimum absolute atomic E-state index is 0.0129. The van der Waals surface area contributed by atoms with Gasteiger partial charge in [-0.15, -0.1) is 0 Å². The molecule has 0 bridgehead atoms. The average Bonchev–Trinajstić information content (AvgIpc) is 2.39. The number of carbonyl (C=O) groups is 1. The van der Waals surface area contributed by atoms with Gasteiger partial charge in [-0.25, -0.2) is 0 Å². The highest BCUT2D eigenvalue weighted by atomic mass is 32.2. The summed E-state index contributed by atoms with van der Waals surface area (Å²) in [5.74, 6) is 0.402. The molecular formula is C13H19N3O3S. The molecule has 2 unspecified atom stereocenters. The van der Waals surface area contributed by atoms with Gasteiger partial charge in [0, 0.05) is 34.9 Å². The van der Waals surface area contributed by atoms with Crippen LogP contribution >= 0.6 is 0 Å². The molecule has 0 radical (unpaired) electrons. The van der Waals surface area contributed by atoms with E-state index in [0.717, 1.165) is 12.1 Å². The molecule has 0 saturated carbocycles. The van der Waals surface area contributed by atoms with Gasteiger partial charge >= 0.3 is 0 Å². The molecule has 2 rings (SSSR count). The summed E-state index contributed by atoms with van der Waals surface area (Å²) in [5, 5.41) is 6.06.